The van der Waals surface area contributed by atoms with E-state index in [1.165, 1.54) is 12.2 Å². The lowest BCUT2D eigenvalue weighted by molar-refractivity contribution is -0.898. The Labute approximate surface area is 199 Å². The second kappa shape index (κ2) is 11.3. The molecule has 0 aromatic rings. The van der Waals surface area contributed by atoms with Gasteiger partial charge in [-0.25, -0.2) is 0 Å². The quantitative estimate of drug-likeness (QED) is 0.0896. The number of halogens is 14. The first-order valence-electron chi connectivity index (χ1n) is 9.09. The van der Waals surface area contributed by atoms with Crippen LogP contribution in [0, 0.1) is 0 Å². The predicted octanol–water partition coefficient (Wildman–Crippen LogP) is 4.11. The van der Waals surface area contributed by atoms with Crippen LogP contribution in [0.2, 0.25) is 0 Å². The Morgan fingerprint density at radius 1 is 0.606 bits per heavy atom. The minimum atomic E-state index is -7.85. The Kier molecular flexibility index (Phi) is 11.8. The van der Waals surface area contributed by atoms with E-state index >= 15 is 0 Å². The lowest BCUT2D eigenvalue weighted by atomic mass is 9.91. The van der Waals surface area contributed by atoms with Crippen LogP contribution >= 0.6 is 0 Å². The lowest BCUT2D eigenvalue weighted by Gasteiger charge is -2.39. The molecule has 0 fully saturated rings. The highest BCUT2D eigenvalue weighted by atomic mass is 127. The van der Waals surface area contributed by atoms with Gasteiger partial charge in [-0.2, -0.15) is 57.1 Å². The summed E-state index contributed by atoms with van der Waals surface area (Å²) in [5, 5.41) is 0. The zero-order valence-electron chi connectivity index (χ0n) is 17.3. The van der Waals surface area contributed by atoms with E-state index in [4.69, 9.17) is 0 Å². The molecule has 0 radical (unpaired) electrons. The van der Waals surface area contributed by atoms with Crippen LogP contribution in [0.15, 0.2) is 25.3 Å². The summed E-state index contributed by atoms with van der Waals surface area (Å²) in [5.41, 5.74) is 0. The van der Waals surface area contributed by atoms with Gasteiger partial charge in [-0.3, -0.25) is 0 Å². The SMILES string of the molecule is C=CC[N+](C)(CC=C)CCCCCC(F)(F)C(F)(F)C(F)(F)C(F)(F)C(F)(F)C(F)(F)F.[I-]. The van der Waals surface area contributed by atoms with Gasteiger partial charge in [0.15, 0.2) is 0 Å². The highest BCUT2D eigenvalue weighted by Crippen LogP contribution is 2.60. The van der Waals surface area contributed by atoms with Crippen molar-refractivity contribution in [3.05, 3.63) is 25.3 Å². The second-order valence-electron chi connectivity index (χ2n) is 7.60. The van der Waals surface area contributed by atoms with Crippen molar-refractivity contribution in [2.45, 2.75) is 61.5 Å². The van der Waals surface area contributed by atoms with Crippen LogP contribution < -0.4 is 24.0 Å². The molecule has 0 aromatic carbocycles. The monoisotopic (exact) mass is 627 g/mol. The standard InChI is InChI=1S/C18H23F13N.HI/c1-4-10-32(3,11-5-2)12-8-6-7-9-13(19,20)14(21,22)15(23,24)16(25,26)17(27,28)18(29,30)31;/h4-5H,1-2,6-12H2,3H3;1H/q+1;/p-1. The normalized spacial score (nSPS) is 14.6. The van der Waals surface area contributed by atoms with Crippen molar-refractivity contribution < 1.29 is 85.5 Å². The van der Waals surface area contributed by atoms with E-state index in [0.29, 0.717) is 13.1 Å². The fourth-order valence-corrected chi connectivity index (χ4v) is 2.86. The molecule has 0 rings (SSSR count). The number of nitrogens with zero attached hydrogens (tertiary/aromatic N) is 1. The van der Waals surface area contributed by atoms with Crippen LogP contribution in [-0.2, 0) is 0 Å². The summed E-state index contributed by atoms with van der Waals surface area (Å²) in [6.07, 6.45) is -7.55. The molecule has 15 heteroatoms. The summed E-state index contributed by atoms with van der Waals surface area (Å²) in [4.78, 5) is 0. The summed E-state index contributed by atoms with van der Waals surface area (Å²) >= 11 is 0. The lowest BCUT2D eigenvalue weighted by Crippen LogP contribution is -3.00. The van der Waals surface area contributed by atoms with Crippen LogP contribution in [0.25, 0.3) is 0 Å². The van der Waals surface area contributed by atoms with Gasteiger partial charge < -0.3 is 28.5 Å². The van der Waals surface area contributed by atoms with Gasteiger partial charge in [0.25, 0.3) is 0 Å². The zero-order valence-corrected chi connectivity index (χ0v) is 19.4. The number of hydrogen-bond donors (Lipinski definition) is 0. The Morgan fingerprint density at radius 2 is 1.00 bits per heavy atom. The largest absolute Gasteiger partial charge is 1.00 e. The summed E-state index contributed by atoms with van der Waals surface area (Å²) in [5.74, 6) is -36.5. The number of alkyl halides is 13. The topological polar surface area (TPSA) is 0 Å². The summed E-state index contributed by atoms with van der Waals surface area (Å²) in [6, 6.07) is 0. The van der Waals surface area contributed by atoms with Crippen molar-refractivity contribution in [2.75, 3.05) is 26.7 Å². The van der Waals surface area contributed by atoms with Gasteiger partial charge in [0.1, 0.15) is 0 Å². The molecule has 0 amide bonds. The first-order chi connectivity index (χ1) is 14.1. The number of likely N-dealkylation sites (N-methyl/N-ethyl adjacent to an activating group) is 1. The second-order valence-corrected chi connectivity index (χ2v) is 7.60. The van der Waals surface area contributed by atoms with E-state index in [1.807, 2.05) is 0 Å². The smallest absolute Gasteiger partial charge is 0.460 e. The minimum Gasteiger partial charge on any atom is -1.00 e. The van der Waals surface area contributed by atoms with Crippen molar-refractivity contribution in [1.82, 2.24) is 0 Å². The van der Waals surface area contributed by atoms with E-state index in [9.17, 15) is 57.1 Å². The van der Waals surface area contributed by atoms with Crippen LogP contribution in [0.4, 0.5) is 57.1 Å². The Bertz CT molecular complexity index is 634. The highest BCUT2D eigenvalue weighted by Gasteiger charge is 2.90. The van der Waals surface area contributed by atoms with Crippen molar-refractivity contribution in [3.8, 4) is 0 Å². The van der Waals surface area contributed by atoms with Crippen LogP contribution in [0.5, 0.6) is 0 Å². The van der Waals surface area contributed by atoms with Crippen molar-refractivity contribution in [2.24, 2.45) is 0 Å². The molecule has 0 aliphatic carbocycles. The van der Waals surface area contributed by atoms with Gasteiger partial charge in [0.2, 0.25) is 0 Å². The minimum absolute atomic E-state index is 0. The Hall–Kier alpha value is -0.740. The van der Waals surface area contributed by atoms with Crippen LogP contribution in [0.3, 0.4) is 0 Å². The number of hydrogen-bond acceptors (Lipinski definition) is 0. The van der Waals surface area contributed by atoms with E-state index in [0.717, 1.165) is 0 Å². The number of quaternary nitrogens is 1. The maximum atomic E-state index is 13.7. The molecule has 0 bridgehead atoms. The molecule has 0 saturated carbocycles. The Morgan fingerprint density at radius 3 is 1.36 bits per heavy atom. The van der Waals surface area contributed by atoms with Crippen molar-refractivity contribution in [3.63, 3.8) is 0 Å². The van der Waals surface area contributed by atoms with Crippen molar-refractivity contribution in [1.29, 1.82) is 0 Å². The predicted molar refractivity (Wildman–Crippen MR) is 90.4 cm³/mol. The molecule has 0 atom stereocenters. The molecule has 0 aromatic heterocycles. The van der Waals surface area contributed by atoms with Gasteiger partial charge in [-0.05, 0) is 31.4 Å². The molecule has 198 valence electrons. The molecule has 0 aliphatic rings. The summed E-state index contributed by atoms with van der Waals surface area (Å²) in [6.45, 7) is 8.14. The molecular weight excluding hydrogens is 604 g/mol. The molecule has 0 heterocycles. The molecule has 0 spiro atoms. The Balaban J connectivity index is 0. The molecule has 0 saturated heterocycles. The van der Waals surface area contributed by atoms with Gasteiger partial charge >= 0.3 is 35.8 Å². The van der Waals surface area contributed by atoms with Gasteiger partial charge in [0.05, 0.1) is 26.7 Å². The molecule has 0 aliphatic heterocycles. The third-order valence-corrected chi connectivity index (χ3v) is 4.83. The van der Waals surface area contributed by atoms with Gasteiger partial charge in [0, 0.05) is 6.42 Å². The summed E-state index contributed by atoms with van der Waals surface area (Å²) < 4.78 is 170. The van der Waals surface area contributed by atoms with Crippen LogP contribution in [-0.4, -0.2) is 67.0 Å². The van der Waals surface area contributed by atoms with Crippen LogP contribution in [0.1, 0.15) is 25.7 Å². The average Bonchev–Trinajstić information content (AvgIpc) is 2.60. The van der Waals surface area contributed by atoms with Crippen molar-refractivity contribution >= 4 is 0 Å². The molecule has 1 nitrogen and oxygen atoms in total. The maximum Gasteiger partial charge on any atom is 0.460 e. The molecule has 33 heavy (non-hydrogen) atoms. The average molecular weight is 627 g/mol. The van der Waals surface area contributed by atoms with E-state index in [-0.39, 0.29) is 47.8 Å². The van der Waals surface area contributed by atoms with Gasteiger partial charge in [-0.1, -0.05) is 13.2 Å². The molecular formula is C18H23F13IN. The third kappa shape index (κ3) is 6.90. The van der Waals surface area contributed by atoms with E-state index in [2.05, 4.69) is 13.2 Å². The fourth-order valence-electron chi connectivity index (χ4n) is 2.86. The zero-order chi connectivity index (χ0) is 25.9. The number of unbranched alkanes of at least 4 members (excludes halogenated alkanes) is 2. The first-order valence-corrected chi connectivity index (χ1v) is 9.09. The molecule has 0 N–H and O–H groups in total. The van der Waals surface area contributed by atoms with E-state index in [1.54, 1.807) is 7.05 Å². The number of rotatable bonds is 14. The fraction of sp³-hybridized carbons (Fsp3) is 0.778. The first kappa shape index (κ1) is 34.4. The summed E-state index contributed by atoms with van der Waals surface area (Å²) in [7, 11) is 1.72. The van der Waals surface area contributed by atoms with E-state index < -0.39 is 48.6 Å². The highest BCUT2D eigenvalue weighted by molar-refractivity contribution is 5.10. The maximum absolute atomic E-state index is 13.7. The van der Waals surface area contributed by atoms with Gasteiger partial charge in [-0.15, -0.1) is 0 Å². The third-order valence-electron chi connectivity index (χ3n) is 4.83. The molecule has 0 unspecified atom stereocenters.